The van der Waals surface area contributed by atoms with Gasteiger partial charge in [-0.2, -0.15) is 0 Å². The summed E-state index contributed by atoms with van der Waals surface area (Å²) in [5.41, 5.74) is 6.57. The third-order valence-electron chi connectivity index (χ3n) is 2.10. The van der Waals surface area contributed by atoms with Crippen molar-refractivity contribution in [2.24, 2.45) is 11.6 Å². The smallest absolute Gasteiger partial charge is 0.0445 e. The summed E-state index contributed by atoms with van der Waals surface area (Å²) >= 11 is 0. The Morgan fingerprint density at radius 1 is 1.23 bits per heavy atom. The molecule has 0 aliphatic carbocycles. The first kappa shape index (κ1) is 12.3. The van der Waals surface area contributed by atoms with Crippen molar-refractivity contribution in [1.29, 1.82) is 0 Å². The number of hydrazine groups is 1. The molecule has 0 aromatic heterocycles. The summed E-state index contributed by atoms with van der Waals surface area (Å²) in [5.74, 6) is 5.84. The van der Waals surface area contributed by atoms with Gasteiger partial charge in [0, 0.05) is 18.4 Å². The molecule has 0 aliphatic rings. The fourth-order valence-electron chi connectivity index (χ4n) is 1.15. The summed E-state index contributed by atoms with van der Waals surface area (Å²) in [6.07, 6.45) is 7.25. The topological polar surface area (TPSA) is 55.3 Å². The Balaban J connectivity index is 3.79. The number of rotatable bonds is 7. The van der Waals surface area contributed by atoms with Gasteiger partial charge in [0.25, 0.3) is 0 Å². The molecule has 0 saturated carbocycles. The van der Waals surface area contributed by atoms with E-state index in [0.29, 0.717) is 0 Å². The van der Waals surface area contributed by atoms with Crippen molar-refractivity contribution in [3.8, 4) is 0 Å². The molecule has 0 bridgehead atoms. The molecule has 0 radical (unpaired) electrons. The monoisotopic (exact) mass is 185 g/mol. The molecule has 0 amide bonds. The predicted octanol–water partition coefficient (Wildman–Crippen LogP) is 1.95. The van der Waals surface area contributed by atoms with Crippen LogP contribution in [0.2, 0.25) is 0 Å². The van der Waals surface area contributed by atoms with Crippen LogP contribution >= 0.6 is 0 Å². The van der Waals surface area contributed by atoms with Crippen LogP contribution in [0.3, 0.4) is 0 Å². The second-order valence-electron chi connectivity index (χ2n) is 3.31. The van der Waals surface area contributed by atoms with Crippen LogP contribution in [-0.2, 0) is 0 Å². The van der Waals surface area contributed by atoms with Gasteiger partial charge < -0.3 is 10.7 Å². The third-order valence-corrected chi connectivity index (χ3v) is 2.10. The highest BCUT2D eigenvalue weighted by molar-refractivity contribution is 4.96. The average molecular weight is 185 g/mol. The summed E-state index contributed by atoms with van der Waals surface area (Å²) < 4.78 is 0. The molecule has 0 spiro atoms. The van der Waals surface area contributed by atoms with E-state index < -0.39 is 0 Å². The van der Waals surface area contributed by atoms with Gasteiger partial charge in [0.2, 0.25) is 0 Å². The quantitative estimate of drug-likeness (QED) is 0.471. The van der Waals surface area contributed by atoms with Crippen molar-refractivity contribution in [2.45, 2.75) is 46.0 Å². The Bertz CT molecular complexity index is 143. The molecule has 0 fully saturated rings. The van der Waals surface area contributed by atoms with Gasteiger partial charge in [-0.25, -0.2) is 5.84 Å². The molecule has 78 valence electrons. The lowest BCUT2D eigenvalue weighted by Gasteiger charge is -2.21. The number of hydrogen-bond donors (Lipinski definition) is 2. The molecule has 0 aliphatic heterocycles. The zero-order valence-corrected chi connectivity index (χ0v) is 8.92. The van der Waals surface area contributed by atoms with Crippen LogP contribution in [0.1, 0.15) is 46.0 Å². The Labute approximate surface area is 81.7 Å². The lowest BCUT2D eigenvalue weighted by atomic mass is 10.2. The van der Waals surface area contributed by atoms with Crippen LogP contribution in [0.25, 0.3) is 0 Å². The molecular weight excluding hydrogens is 162 g/mol. The summed E-state index contributed by atoms with van der Waals surface area (Å²) in [5, 5.41) is 1.78. The van der Waals surface area contributed by atoms with Crippen LogP contribution < -0.4 is 11.6 Å². The molecule has 13 heavy (non-hydrogen) atoms. The summed E-state index contributed by atoms with van der Waals surface area (Å²) in [6, 6.07) is 0. The van der Waals surface area contributed by atoms with E-state index in [9.17, 15) is 0 Å². The van der Waals surface area contributed by atoms with E-state index in [2.05, 4.69) is 13.8 Å². The van der Waals surface area contributed by atoms with Crippen LogP contribution in [0.5, 0.6) is 0 Å². The van der Waals surface area contributed by atoms with Crippen molar-refractivity contribution in [3.63, 3.8) is 0 Å². The van der Waals surface area contributed by atoms with E-state index in [1.165, 1.54) is 12.8 Å². The zero-order chi connectivity index (χ0) is 10.1. The van der Waals surface area contributed by atoms with Crippen molar-refractivity contribution in [1.82, 2.24) is 5.01 Å². The minimum Gasteiger partial charge on any atom is -0.403 e. The maximum atomic E-state index is 5.84. The second kappa shape index (κ2) is 7.92. The normalized spacial score (nSPS) is 11.8. The van der Waals surface area contributed by atoms with E-state index in [1.54, 1.807) is 11.2 Å². The van der Waals surface area contributed by atoms with Gasteiger partial charge in [-0.05, 0) is 19.3 Å². The molecular formula is C10H23N3. The van der Waals surface area contributed by atoms with Crippen LogP contribution in [0.15, 0.2) is 11.9 Å². The van der Waals surface area contributed by atoms with Crippen molar-refractivity contribution < 1.29 is 0 Å². The molecule has 0 saturated heterocycles. The predicted molar refractivity (Wildman–Crippen MR) is 57.6 cm³/mol. The Kier molecular flexibility index (Phi) is 7.50. The molecule has 0 aromatic carbocycles. The fraction of sp³-hybridized carbons (Fsp3) is 0.800. The number of nitrogens with two attached hydrogens (primary N) is 2. The van der Waals surface area contributed by atoms with Crippen molar-refractivity contribution in [2.75, 3.05) is 6.54 Å². The van der Waals surface area contributed by atoms with Crippen LogP contribution in [0.4, 0.5) is 0 Å². The van der Waals surface area contributed by atoms with E-state index >= 15 is 0 Å². The summed E-state index contributed by atoms with van der Waals surface area (Å²) in [6.45, 7) is 5.23. The van der Waals surface area contributed by atoms with E-state index in [-0.39, 0.29) is 0 Å². The van der Waals surface area contributed by atoms with Gasteiger partial charge in [0.05, 0.1) is 0 Å². The van der Waals surface area contributed by atoms with E-state index in [0.717, 1.165) is 31.5 Å². The Morgan fingerprint density at radius 2 is 1.85 bits per heavy atom. The van der Waals surface area contributed by atoms with Gasteiger partial charge in [0.1, 0.15) is 0 Å². The van der Waals surface area contributed by atoms with Crippen molar-refractivity contribution >= 4 is 0 Å². The lowest BCUT2D eigenvalue weighted by Crippen LogP contribution is -2.31. The summed E-state index contributed by atoms with van der Waals surface area (Å²) in [4.78, 5) is 0. The molecule has 4 N–H and O–H groups in total. The number of nitrogens with zero attached hydrogens (tertiary/aromatic N) is 1. The fourth-order valence-corrected chi connectivity index (χ4v) is 1.15. The van der Waals surface area contributed by atoms with Crippen LogP contribution in [0, 0.1) is 0 Å². The molecule has 0 heterocycles. The van der Waals surface area contributed by atoms with E-state index in [1.807, 2.05) is 0 Å². The minimum atomic E-state index is 0.906. The summed E-state index contributed by atoms with van der Waals surface area (Å²) in [7, 11) is 0. The van der Waals surface area contributed by atoms with Gasteiger partial charge in [-0.15, -0.1) is 0 Å². The Morgan fingerprint density at radius 3 is 2.31 bits per heavy atom. The Hall–Kier alpha value is -0.700. The first-order chi connectivity index (χ1) is 6.26. The average Bonchev–Trinajstić information content (AvgIpc) is 2.16. The van der Waals surface area contributed by atoms with Gasteiger partial charge >= 0.3 is 0 Å². The highest BCUT2D eigenvalue weighted by Gasteiger charge is 2.02. The van der Waals surface area contributed by atoms with Crippen molar-refractivity contribution in [3.05, 3.63) is 11.9 Å². The second-order valence-corrected chi connectivity index (χ2v) is 3.31. The van der Waals surface area contributed by atoms with Gasteiger partial charge in [0.15, 0.2) is 0 Å². The molecule has 0 aromatic rings. The molecule has 0 unspecified atom stereocenters. The molecule has 0 rings (SSSR count). The maximum absolute atomic E-state index is 5.84. The van der Waals surface area contributed by atoms with E-state index in [4.69, 9.17) is 11.6 Å². The number of allylic oxidation sites excluding steroid dienone is 1. The highest BCUT2D eigenvalue weighted by Crippen LogP contribution is 2.09. The maximum Gasteiger partial charge on any atom is 0.0445 e. The lowest BCUT2D eigenvalue weighted by molar-refractivity contribution is 0.335. The zero-order valence-electron chi connectivity index (χ0n) is 8.92. The highest BCUT2D eigenvalue weighted by atomic mass is 15.4. The van der Waals surface area contributed by atoms with Gasteiger partial charge in [-0.3, -0.25) is 0 Å². The molecule has 0 atom stereocenters. The van der Waals surface area contributed by atoms with Crippen LogP contribution in [-0.4, -0.2) is 11.6 Å². The SMILES string of the molecule is CCCC/C(=C/N)N(N)CCCC. The van der Waals surface area contributed by atoms with Gasteiger partial charge in [-0.1, -0.05) is 26.7 Å². The first-order valence-electron chi connectivity index (χ1n) is 5.19. The molecule has 3 heteroatoms. The first-order valence-corrected chi connectivity index (χ1v) is 5.19. The third kappa shape index (κ3) is 5.53. The number of hydrogen-bond acceptors (Lipinski definition) is 3. The number of unbranched alkanes of at least 4 members (excludes halogenated alkanes) is 2. The standard InChI is InChI=1S/C10H23N3/c1-3-5-7-10(9-11)13(12)8-6-4-2/h9H,3-8,11-12H2,1-2H3/b10-9-. The molecule has 3 nitrogen and oxygen atoms in total. The minimum absolute atomic E-state index is 0.906. The largest absolute Gasteiger partial charge is 0.403 e.